The van der Waals surface area contributed by atoms with Crippen LogP contribution in [-0.2, 0) is 16.1 Å². The predicted octanol–water partition coefficient (Wildman–Crippen LogP) is 2.72. The summed E-state index contributed by atoms with van der Waals surface area (Å²) in [7, 11) is 0. The third-order valence-electron chi connectivity index (χ3n) is 1.94. The molecule has 4 heteroatoms. The lowest BCUT2D eigenvalue weighted by Gasteiger charge is -2.11. The maximum absolute atomic E-state index is 10.4. The van der Waals surface area contributed by atoms with Gasteiger partial charge in [0.2, 0.25) is 0 Å². The summed E-state index contributed by atoms with van der Waals surface area (Å²) in [5.41, 5.74) is 0.872. The van der Waals surface area contributed by atoms with E-state index in [1.807, 2.05) is 18.2 Å². The van der Waals surface area contributed by atoms with Crippen molar-refractivity contribution in [1.82, 2.24) is 0 Å². The van der Waals surface area contributed by atoms with Crippen molar-refractivity contribution in [2.24, 2.45) is 0 Å². The number of carbonyl (C=O) groups is 1. The molecule has 0 saturated heterocycles. The Hall–Kier alpha value is -1.06. The van der Waals surface area contributed by atoms with Gasteiger partial charge in [0.1, 0.15) is 0 Å². The van der Waals surface area contributed by atoms with Gasteiger partial charge in [0, 0.05) is 5.02 Å². The summed E-state index contributed by atoms with van der Waals surface area (Å²) >= 11 is 5.92. The second-order valence-corrected chi connectivity index (χ2v) is 3.72. The van der Waals surface area contributed by atoms with Gasteiger partial charge in [-0.15, -0.1) is 0 Å². The first-order valence-electron chi connectivity index (χ1n) is 4.66. The molecule has 0 unspecified atom stereocenters. The molecule has 1 N–H and O–H groups in total. The molecule has 1 rings (SSSR count). The fourth-order valence-corrected chi connectivity index (χ4v) is 1.34. The van der Waals surface area contributed by atoms with Crippen LogP contribution in [0.1, 0.15) is 18.9 Å². The van der Waals surface area contributed by atoms with Gasteiger partial charge in [0.15, 0.2) is 0 Å². The van der Waals surface area contributed by atoms with Gasteiger partial charge in [-0.25, -0.2) is 0 Å². The molecule has 0 heterocycles. The Morgan fingerprint density at radius 2 is 2.20 bits per heavy atom. The van der Waals surface area contributed by atoms with Gasteiger partial charge in [-0.1, -0.05) is 29.8 Å². The molecule has 0 bridgehead atoms. The molecular formula is C11H13ClO3. The Labute approximate surface area is 93.6 Å². The number of aliphatic carboxylic acids is 1. The van der Waals surface area contributed by atoms with Crippen LogP contribution in [0.2, 0.25) is 5.02 Å². The second kappa shape index (κ2) is 5.73. The van der Waals surface area contributed by atoms with Crippen molar-refractivity contribution in [3.63, 3.8) is 0 Å². The lowest BCUT2D eigenvalue weighted by molar-refractivity contribution is -0.140. The van der Waals surface area contributed by atoms with Crippen LogP contribution in [0.5, 0.6) is 0 Å². The maximum atomic E-state index is 10.4. The van der Waals surface area contributed by atoms with Crippen LogP contribution in [-0.4, -0.2) is 17.2 Å². The molecule has 0 aromatic heterocycles. The molecule has 0 spiro atoms. The highest BCUT2D eigenvalue weighted by Crippen LogP contribution is 2.16. The van der Waals surface area contributed by atoms with Crippen molar-refractivity contribution in [3.8, 4) is 0 Å². The van der Waals surface area contributed by atoms with Crippen molar-refractivity contribution in [2.45, 2.75) is 26.1 Å². The quantitative estimate of drug-likeness (QED) is 0.843. The normalized spacial score (nSPS) is 12.4. The zero-order chi connectivity index (χ0) is 11.3. The van der Waals surface area contributed by atoms with Crippen molar-refractivity contribution in [3.05, 3.63) is 34.9 Å². The van der Waals surface area contributed by atoms with Crippen LogP contribution in [0.3, 0.4) is 0 Å². The average molecular weight is 229 g/mol. The molecule has 0 radical (unpaired) electrons. The zero-order valence-electron chi connectivity index (χ0n) is 8.44. The van der Waals surface area contributed by atoms with Crippen LogP contribution in [0.25, 0.3) is 0 Å². The molecule has 0 aliphatic heterocycles. The monoisotopic (exact) mass is 228 g/mol. The third kappa shape index (κ3) is 4.32. The van der Waals surface area contributed by atoms with Crippen molar-refractivity contribution in [1.29, 1.82) is 0 Å². The number of hydrogen-bond acceptors (Lipinski definition) is 2. The molecule has 1 aromatic carbocycles. The summed E-state index contributed by atoms with van der Waals surface area (Å²) in [5.74, 6) is -0.860. The van der Waals surface area contributed by atoms with E-state index in [0.29, 0.717) is 11.6 Å². The number of halogens is 1. The van der Waals surface area contributed by atoms with Crippen molar-refractivity contribution >= 4 is 17.6 Å². The molecule has 1 aromatic rings. The van der Waals surface area contributed by atoms with Crippen LogP contribution >= 0.6 is 11.6 Å². The van der Waals surface area contributed by atoms with E-state index in [0.717, 1.165) is 5.56 Å². The summed E-state index contributed by atoms with van der Waals surface area (Å²) in [4.78, 5) is 10.4. The smallest absolute Gasteiger partial charge is 0.305 e. The van der Waals surface area contributed by atoms with Gasteiger partial charge in [0.05, 0.1) is 19.1 Å². The Morgan fingerprint density at radius 3 is 2.80 bits per heavy atom. The summed E-state index contributed by atoms with van der Waals surface area (Å²) in [5, 5.41) is 9.17. The molecular weight excluding hydrogens is 216 g/mol. The highest BCUT2D eigenvalue weighted by molar-refractivity contribution is 6.31. The van der Waals surface area contributed by atoms with Gasteiger partial charge in [-0.05, 0) is 18.6 Å². The average Bonchev–Trinajstić information content (AvgIpc) is 2.15. The first kappa shape index (κ1) is 12.0. The zero-order valence-corrected chi connectivity index (χ0v) is 9.20. The summed E-state index contributed by atoms with van der Waals surface area (Å²) in [6, 6.07) is 7.34. The first-order valence-corrected chi connectivity index (χ1v) is 5.04. The van der Waals surface area contributed by atoms with E-state index in [9.17, 15) is 4.79 Å². The molecule has 0 fully saturated rings. The van der Waals surface area contributed by atoms with Crippen LogP contribution in [0.4, 0.5) is 0 Å². The fraction of sp³-hybridized carbons (Fsp3) is 0.364. The molecule has 15 heavy (non-hydrogen) atoms. The molecule has 82 valence electrons. The minimum atomic E-state index is -0.860. The van der Waals surface area contributed by atoms with E-state index < -0.39 is 5.97 Å². The molecule has 0 aliphatic carbocycles. The molecule has 0 aliphatic rings. The molecule has 0 amide bonds. The first-order chi connectivity index (χ1) is 7.09. The Balaban J connectivity index is 2.43. The number of benzene rings is 1. The van der Waals surface area contributed by atoms with Gasteiger partial charge >= 0.3 is 5.97 Å². The Kier molecular flexibility index (Phi) is 4.59. The van der Waals surface area contributed by atoms with Crippen LogP contribution in [0, 0.1) is 0 Å². The highest BCUT2D eigenvalue weighted by atomic mass is 35.5. The lowest BCUT2D eigenvalue weighted by Crippen LogP contribution is -2.13. The van der Waals surface area contributed by atoms with Gasteiger partial charge in [-0.2, -0.15) is 0 Å². The Bertz CT molecular complexity index is 338. The van der Waals surface area contributed by atoms with Gasteiger partial charge in [0.25, 0.3) is 0 Å². The van der Waals surface area contributed by atoms with E-state index in [-0.39, 0.29) is 12.5 Å². The lowest BCUT2D eigenvalue weighted by atomic mass is 10.2. The summed E-state index contributed by atoms with van der Waals surface area (Å²) in [6.45, 7) is 2.07. The largest absolute Gasteiger partial charge is 0.481 e. The van der Waals surface area contributed by atoms with Gasteiger partial charge in [-0.3, -0.25) is 4.79 Å². The number of carboxylic acids is 1. The van der Waals surface area contributed by atoms with Crippen LogP contribution in [0.15, 0.2) is 24.3 Å². The topological polar surface area (TPSA) is 46.5 Å². The summed E-state index contributed by atoms with van der Waals surface area (Å²) < 4.78 is 5.35. The van der Waals surface area contributed by atoms with Crippen molar-refractivity contribution in [2.75, 3.05) is 0 Å². The van der Waals surface area contributed by atoms with E-state index in [2.05, 4.69) is 0 Å². The Morgan fingerprint density at radius 1 is 1.53 bits per heavy atom. The van der Waals surface area contributed by atoms with E-state index >= 15 is 0 Å². The number of ether oxygens (including phenoxy) is 1. The fourth-order valence-electron chi connectivity index (χ4n) is 1.15. The molecule has 0 saturated carbocycles. The predicted molar refractivity (Wildman–Crippen MR) is 58.0 cm³/mol. The van der Waals surface area contributed by atoms with Crippen LogP contribution < -0.4 is 0 Å². The molecule has 1 atom stereocenters. The second-order valence-electron chi connectivity index (χ2n) is 3.31. The maximum Gasteiger partial charge on any atom is 0.305 e. The minimum Gasteiger partial charge on any atom is -0.481 e. The standard InChI is InChI=1S/C11H13ClO3/c1-8(6-11(13)14)15-7-9-4-2-3-5-10(9)12/h2-5,8H,6-7H2,1H3,(H,13,14)/t8-/m0/s1. The highest BCUT2D eigenvalue weighted by Gasteiger charge is 2.08. The van der Waals surface area contributed by atoms with E-state index in [1.54, 1.807) is 13.0 Å². The van der Waals surface area contributed by atoms with E-state index in [4.69, 9.17) is 21.4 Å². The van der Waals surface area contributed by atoms with Crippen molar-refractivity contribution < 1.29 is 14.6 Å². The molecule has 3 nitrogen and oxygen atoms in total. The van der Waals surface area contributed by atoms with E-state index in [1.165, 1.54) is 0 Å². The number of rotatable bonds is 5. The summed E-state index contributed by atoms with van der Waals surface area (Å²) in [6.07, 6.45) is -0.302. The third-order valence-corrected chi connectivity index (χ3v) is 2.31. The SMILES string of the molecule is C[C@@H](CC(=O)O)OCc1ccccc1Cl. The van der Waals surface area contributed by atoms with Gasteiger partial charge < -0.3 is 9.84 Å². The number of hydrogen-bond donors (Lipinski definition) is 1. The number of carboxylic acid groups (broad SMARTS) is 1. The minimum absolute atomic E-state index is 0.00442.